The zero-order valence-electron chi connectivity index (χ0n) is 38.5. The Morgan fingerprint density at radius 2 is 1.01 bits per heavy atom. The van der Waals surface area contributed by atoms with Gasteiger partial charge in [-0.15, -0.1) is 94.5 Å². The average Bonchev–Trinajstić information content (AvgIpc) is 3.41. The van der Waals surface area contributed by atoms with Gasteiger partial charge >= 0.3 is 20.1 Å². The van der Waals surface area contributed by atoms with E-state index < -0.39 is 0 Å². The molecule has 0 bridgehead atoms. The first-order valence-corrected chi connectivity index (χ1v) is 23.1. The molecule has 0 aliphatic carbocycles. The van der Waals surface area contributed by atoms with Crippen molar-refractivity contribution in [2.24, 2.45) is 0 Å². The van der Waals surface area contributed by atoms with Crippen LogP contribution in [-0.4, -0.2) is 15.0 Å². The predicted octanol–water partition coefficient (Wildman–Crippen LogP) is 15.0. The molecule has 0 N–H and O–H groups in total. The fraction of sp³-hybridized carbons (Fsp3) is 0.0938. The minimum atomic E-state index is 0. The summed E-state index contributed by atoms with van der Waals surface area (Å²) in [4.78, 5) is 14.1. The summed E-state index contributed by atoms with van der Waals surface area (Å²) < 4.78 is 0. The molecule has 0 aliphatic rings. The van der Waals surface area contributed by atoms with Gasteiger partial charge in [-0.05, 0) is 113 Å². The summed E-state index contributed by atoms with van der Waals surface area (Å²) in [5, 5.41) is 9.75. The van der Waals surface area contributed by atoms with Crippen LogP contribution < -0.4 is 0 Å². The Kier molecular flexibility index (Phi) is 14.3. The summed E-state index contributed by atoms with van der Waals surface area (Å²) in [6.45, 7) is 4.28. The van der Waals surface area contributed by atoms with Crippen LogP contribution in [0.5, 0.6) is 0 Å². The van der Waals surface area contributed by atoms with Crippen LogP contribution in [0.15, 0.2) is 201 Å². The van der Waals surface area contributed by atoms with Crippen molar-refractivity contribution in [1.82, 2.24) is 15.0 Å². The molecule has 0 saturated carbocycles. The number of rotatable bonds is 13. The molecule has 3 aromatic heterocycles. The summed E-state index contributed by atoms with van der Waals surface area (Å²) >= 11 is 0. The van der Waals surface area contributed by atoms with Crippen molar-refractivity contribution in [3.63, 3.8) is 0 Å². The zero-order valence-corrected chi connectivity index (χ0v) is 40.9. The number of benzene rings is 7. The molecular formula is C64H47IrN4. The van der Waals surface area contributed by atoms with E-state index in [1.807, 2.05) is 85.3 Å². The summed E-state index contributed by atoms with van der Waals surface area (Å²) in [6, 6.07) is 76.4. The van der Waals surface area contributed by atoms with Crippen molar-refractivity contribution in [3.8, 4) is 84.3 Å². The van der Waals surface area contributed by atoms with E-state index in [-0.39, 0.29) is 20.1 Å². The van der Waals surface area contributed by atoms with E-state index in [0.29, 0.717) is 5.56 Å². The molecule has 0 radical (unpaired) electrons. The van der Waals surface area contributed by atoms with E-state index in [2.05, 4.69) is 163 Å². The van der Waals surface area contributed by atoms with Gasteiger partial charge in [-0.1, -0.05) is 144 Å². The maximum Gasteiger partial charge on any atom is 3.00 e. The molecule has 10 rings (SSSR count). The molecule has 3 heterocycles. The van der Waals surface area contributed by atoms with Crippen LogP contribution in [-0.2, 0) is 45.8 Å². The number of pyridine rings is 3. The molecule has 0 aliphatic heterocycles. The maximum absolute atomic E-state index is 9.75. The first-order valence-electron chi connectivity index (χ1n) is 23.1. The monoisotopic (exact) mass is 1060 g/mol. The maximum atomic E-state index is 9.75. The summed E-state index contributed by atoms with van der Waals surface area (Å²) in [5.41, 5.74) is 22.4. The molecule has 4 nitrogen and oxygen atoms in total. The first-order chi connectivity index (χ1) is 33.5. The minimum Gasteiger partial charge on any atom is -0.305 e. The van der Waals surface area contributed by atoms with Gasteiger partial charge in [0.15, 0.2) is 0 Å². The Morgan fingerprint density at radius 3 is 1.58 bits per heavy atom. The van der Waals surface area contributed by atoms with Crippen molar-refractivity contribution >= 4 is 0 Å². The molecule has 10 aromatic rings. The van der Waals surface area contributed by atoms with E-state index in [1.54, 1.807) is 0 Å². The molecule has 0 atom stereocenters. The van der Waals surface area contributed by atoms with Gasteiger partial charge in [0.05, 0.1) is 11.6 Å². The van der Waals surface area contributed by atoms with Gasteiger partial charge in [-0.3, -0.25) is 0 Å². The van der Waals surface area contributed by atoms with Gasteiger partial charge in [-0.25, -0.2) is 0 Å². The zero-order chi connectivity index (χ0) is 46.2. The fourth-order valence-corrected chi connectivity index (χ4v) is 9.21. The number of nitrogens with zero attached hydrogens (tertiary/aromatic N) is 4. The van der Waals surface area contributed by atoms with Gasteiger partial charge < -0.3 is 15.0 Å². The quantitative estimate of drug-likeness (QED) is 0.108. The molecule has 7 aromatic carbocycles. The van der Waals surface area contributed by atoms with E-state index in [0.717, 1.165) is 98.4 Å². The third-order valence-corrected chi connectivity index (χ3v) is 12.7. The molecule has 0 unspecified atom stereocenters. The van der Waals surface area contributed by atoms with Crippen molar-refractivity contribution in [1.29, 1.82) is 5.26 Å². The van der Waals surface area contributed by atoms with Crippen LogP contribution in [0.4, 0.5) is 0 Å². The van der Waals surface area contributed by atoms with Gasteiger partial charge in [0, 0.05) is 18.6 Å². The predicted molar refractivity (Wildman–Crippen MR) is 276 cm³/mol. The number of aromatic nitrogens is 3. The van der Waals surface area contributed by atoms with Crippen LogP contribution in [0.25, 0.3) is 78.3 Å². The van der Waals surface area contributed by atoms with E-state index in [4.69, 9.17) is 4.98 Å². The molecular weight excluding hydrogens is 1020 g/mol. The SMILES string of the molecule is Cc1cnc(-c2[c-]cc(-c3ccccc3-c3cc(CCc4c[c-]c(-c5ccccn5)cc4)cc(CCc4c[c-]c(-c5ccccn5)cc4)c3)c(-c3ccc(C#N)cc3)c2)c(C)c1-c1ccccc1.[Ir+3]. The Labute approximate surface area is 419 Å². The van der Waals surface area contributed by atoms with Gasteiger partial charge in [0.2, 0.25) is 0 Å². The van der Waals surface area contributed by atoms with Crippen LogP contribution in [0.1, 0.15) is 38.9 Å². The summed E-state index contributed by atoms with van der Waals surface area (Å²) in [5.74, 6) is 0. The third kappa shape index (κ3) is 10.5. The van der Waals surface area contributed by atoms with Crippen LogP contribution in [0, 0.1) is 43.4 Å². The third-order valence-electron chi connectivity index (χ3n) is 12.7. The second kappa shape index (κ2) is 21.4. The number of aryl methyl sites for hydroxylation is 5. The molecule has 0 spiro atoms. The van der Waals surface area contributed by atoms with Crippen molar-refractivity contribution in [3.05, 3.63) is 258 Å². The first kappa shape index (κ1) is 46.2. The number of hydrogen-bond acceptors (Lipinski definition) is 4. The Balaban J connectivity index is 0.00000593. The second-order valence-electron chi connectivity index (χ2n) is 17.3. The fourth-order valence-electron chi connectivity index (χ4n) is 9.21. The normalized spacial score (nSPS) is 10.9. The molecule has 332 valence electrons. The molecule has 0 fully saturated rings. The van der Waals surface area contributed by atoms with Gasteiger partial charge in [0.1, 0.15) is 0 Å². The van der Waals surface area contributed by atoms with Crippen LogP contribution >= 0.6 is 0 Å². The van der Waals surface area contributed by atoms with Crippen LogP contribution in [0.3, 0.4) is 0 Å². The Hall–Kier alpha value is -7.87. The molecule has 5 heteroatoms. The van der Waals surface area contributed by atoms with Crippen molar-refractivity contribution in [2.45, 2.75) is 39.5 Å². The van der Waals surface area contributed by atoms with Crippen molar-refractivity contribution < 1.29 is 20.1 Å². The molecule has 69 heavy (non-hydrogen) atoms. The Morgan fingerprint density at radius 1 is 0.449 bits per heavy atom. The van der Waals surface area contributed by atoms with E-state index >= 15 is 0 Å². The van der Waals surface area contributed by atoms with E-state index in [9.17, 15) is 5.26 Å². The van der Waals surface area contributed by atoms with Crippen LogP contribution in [0.2, 0.25) is 0 Å². The molecule has 0 amide bonds. The smallest absolute Gasteiger partial charge is 0.305 e. The second-order valence-corrected chi connectivity index (χ2v) is 17.3. The van der Waals surface area contributed by atoms with E-state index in [1.165, 1.54) is 38.9 Å². The topological polar surface area (TPSA) is 62.5 Å². The van der Waals surface area contributed by atoms with Gasteiger partial charge in [-0.2, -0.15) is 5.26 Å². The number of nitriles is 1. The minimum absolute atomic E-state index is 0. The van der Waals surface area contributed by atoms with Gasteiger partial charge in [0.25, 0.3) is 0 Å². The molecule has 0 saturated heterocycles. The largest absolute Gasteiger partial charge is 3.00 e. The van der Waals surface area contributed by atoms with Crippen molar-refractivity contribution in [2.75, 3.05) is 0 Å². The average molecular weight is 1060 g/mol. The Bertz CT molecular complexity index is 3280. The number of hydrogen-bond donors (Lipinski definition) is 0. The standard InChI is InChI=1S/C64H47N4.Ir/c1-44-43-68-64(45(2)63(44)54-12-4-3-5-13-54)55-34-35-59(60(41-55)51-28-26-48(42-65)27-29-51)58-15-7-6-14-57(58)56-39-49(20-18-46-22-30-52(31-23-46)61-16-8-10-36-66-61)38-50(40-56)21-19-47-24-32-53(33-25-47)62-17-9-11-37-67-62;/h3-17,22-30,32,35-41,43H,18-21H2,1-2H3;/q-3;+3. The summed E-state index contributed by atoms with van der Waals surface area (Å²) in [6.07, 6.45) is 9.12. The summed E-state index contributed by atoms with van der Waals surface area (Å²) in [7, 11) is 0.